The van der Waals surface area contributed by atoms with Crippen molar-refractivity contribution in [3.63, 3.8) is 0 Å². The van der Waals surface area contributed by atoms with Crippen LogP contribution in [0.4, 0.5) is 0 Å². The van der Waals surface area contributed by atoms with Gasteiger partial charge < -0.3 is 10.3 Å². The molecular weight excluding hydrogens is 222 g/mol. The van der Waals surface area contributed by atoms with Gasteiger partial charge in [-0.3, -0.25) is 0 Å². The van der Waals surface area contributed by atoms with Crippen molar-refractivity contribution < 1.29 is 0 Å². The Hall–Kier alpha value is -1.35. The lowest BCUT2D eigenvalue weighted by Crippen LogP contribution is -2.27. The van der Waals surface area contributed by atoms with E-state index in [1.165, 1.54) is 23.8 Å². The summed E-state index contributed by atoms with van der Waals surface area (Å²) in [4.78, 5) is 7.52. The van der Waals surface area contributed by atoms with Crippen LogP contribution in [0.3, 0.4) is 0 Å². The lowest BCUT2D eigenvalue weighted by molar-refractivity contribution is 0.412. The molecule has 3 nitrogen and oxygen atoms in total. The van der Waals surface area contributed by atoms with Crippen LogP contribution < -0.4 is 5.32 Å². The van der Waals surface area contributed by atoms with E-state index in [1.807, 2.05) is 12.3 Å². The first kappa shape index (κ1) is 13.1. The monoisotopic (exact) mass is 245 g/mol. The molecule has 98 valence electrons. The molecule has 2 N–H and O–H groups in total. The van der Waals surface area contributed by atoms with Gasteiger partial charge in [0.15, 0.2) is 0 Å². The second-order valence-electron chi connectivity index (χ2n) is 5.24. The SMILES string of the molecule is CCC(C)CC(C)NCc1c[nH]c2ncccc12. The van der Waals surface area contributed by atoms with Crippen molar-refractivity contribution in [2.24, 2.45) is 5.92 Å². The van der Waals surface area contributed by atoms with E-state index in [9.17, 15) is 0 Å². The number of hydrogen-bond acceptors (Lipinski definition) is 2. The maximum Gasteiger partial charge on any atom is 0.137 e. The molecule has 0 spiro atoms. The van der Waals surface area contributed by atoms with Gasteiger partial charge in [0.05, 0.1) is 0 Å². The minimum Gasteiger partial charge on any atom is -0.346 e. The number of rotatable bonds is 6. The van der Waals surface area contributed by atoms with Crippen LogP contribution in [0.1, 0.15) is 39.2 Å². The number of H-pyrrole nitrogens is 1. The van der Waals surface area contributed by atoms with E-state index in [4.69, 9.17) is 0 Å². The molecule has 0 fully saturated rings. The molecule has 0 aliphatic heterocycles. The number of nitrogens with one attached hydrogen (secondary N) is 2. The van der Waals surface area contributed by atoms with Gasteiger partial charge in [-0.25, -0.2) is 4.98 Å². The summed E-state index contributed by atoms with van der Waals surface area (Å²) in [7, 11) is 0. The van der Waals surface area contributed by atoms with Gasteiger partial charge in [0, 0.05) is 30.4 Å². The summed E-state index contributed by atoms with van der Waals surface area (Å²) in [6.45, 7) is 7.74. The predicted molar refractivity (Wildman–Crippen MR) is 76.5 cm³/mol. The summed E-state index contributed by atoms with van der Waals surface area (Å²) in [5.74, 6) is 0.789. The Balaban J connectivity index is 1.94. The Labute approximate surface area is 109 Å². The molecule has 2 unspecified atom stereocenters. The Morgan fingerprint density at radius 1 is 1.39 bits per heavy atom. The first-order valence-electron chi connectivity index (χ1n) is 6.85. The van der Waals surface area contributed by atoms with Gasteiger partial charge >= 0.3 is 0 Å². The molecule has 0 amide bonds. The standard InChI is InChI=1S/C15H23N3/c1-4-11(2)8-12(3)17-9-13-10-18-15-14(13)6-5-7-16-15/h5-7,10-12,17H,4,8-9H2,1-3H3,(H,16,18). The molecule has 2 aromatic heterocycles. The lowest BCUT2D eigenvalue weighted by atomic mass is 10.0. The second-order valence-corrected chi connectivity index (χ2v) is 5.24. The molecule has 0 radical (unpaired) electrons. The van der Waals surface area contributed by atoms with Crippen molar-refractivity contribution in [2.75, 3.05) is 0 Å². The van der Waals surface area contributed by atoms with Gasteiger partial charge in [-0.15, -0.1) is 0 Å². The van der Waals surface area contributed by atoms with E-state index < -0.39 is 0 Å². The van der Waals surface area contributed by atoms with Crippen LogP contribution in [0.15, 0.2) is 24.5 Å². The number of fused-ring (bicyclic) bond motifs is 1. The predicted octanol–water partition coefficient (Wildman–Crippen LogP) is 3.48. The minimum absolute atomic E-state index is 0.557. The molecular formula is C15H23N3. The summed E-state index contributed by atoms with van der Waals surface area (Å²) in [5.41, 5.74) is 2.28. The quantitative estimate of drug-likeness (QED) is 0.818. The van der Waals surface area contributed by atoms with E-state index in [0.717, 1.165) is 18.1 Å². The molecule has 2 rings (SSSR count). The molecule has 2 atom stereocenters. The van der Waals surface area contributed by atoms with Gasteiger partial charge in [-0.1, -0.05) is 20.3 Å². The Morgan fingerprint density at radius 3 is 3.00 bits per heavy atom. The zero-order valence-corrected chi connectivity index (χ0v) is 11.5. The first-order valence-corrected chi connectivity index (χ1v) is 6.85. The van der Waals surface area contributed by atoms with Crippen LogP contribution in [0.2, 0.25) is 0 Å². The van der Waals surface area contributed by atoms with E-state index in [1.54, 1.807) is 0 Å². The molecule has 2 heterocycles. The maximum absolute atomic E-state index is 4.31. The zero-order chi connectivity index (χ0) is 13.0. The van der Waals surface area contributed by atoms with E-state index in [-0.39, 0.29) is 0 Å². The van der Waals surface area contributed by atoms with Crippen LogP contribution in [0, 0.1) is 5.92 Å². The number of pyridine rings is 1. The highest BCUT2D eigenvalue weighted by Gasteiger charge is 2.08. The highest BCUT2D eigenvalue weighted by atomic mass is 14.9. The van der Waals surface area contributed by atoms with Crippen molar-refractivity contribution in [1.29, 1.82) is 0 Å². The number of nitrogens with zero attached hydrogens (tertiary/aromatic N) is 1. The third-order valence-electron chi connectivity index (χ3n) is 3.63. The van der Waals surface area contributed by atoms with Crippen molar-refractivity contribution in [3.8, 4) is 0 Å². The van der Waals surface area contributed by atoms with Crippen molar-refractivity contribution in [2.45, 2.75) is 46.2 Å². The van der Waals surface area contributed by atoms with Crippen LogP contribution in [-0.2, 0) is 6.54 Å². The van der Waals surface area contributed by atoms with E-state index >= 15 is 0 Å². The lowest BCUT2D eigenvalue weighted by Gasteiger charge is -2.17. The molecule has 3 heteroatoms. The van der Waals surface area contributed by atoms with Crippen molar-refractivity contribution in [3.05, 3.63) is 30.1 Å². The molecule has 18 heavy (non-hydrogen) atoms. The summed E-state index contributed by atoms with van der Waals surface area (Å²) >= 11 is 0. The van der Waals surface area contributed by atoms with Gasteiger partial charge in [0.2, 0.25) is 0 Å². The van der Waals surface area contributed by atoms with Crippen LogP contribution in [0.5, 0.6) is 0 Å². The Morgan fingerprint density at radius 2 is 2.22 bits per heavy atom. The fourth-order valence-corrected chi connectivity index (χ4v) is 2.30. The number of hydrogen-bond donors (Lipinski definition) is 2. The van der Waals surface area contributed by atoms with Crippen molar-refractivity contribution in [1.82, 2.24) is 15.3 Å². The van der Waals surface area contributed by atoms with Crippen LogP contribution in [-0.4, -0.2) is 16.0 Å². The first-order chi connectivity index (χ1) is 8.70. The average molecular weight is 245 g/mol. The number of aromatic amines is 1. The van der Waals surface area contributed by atoms with E-state index in [0.29, 0.717) is 6.04 Å². The summed E-state index contributed by atoms with van der Waals surface area (Å²) in [6.07, 6.45) is 6.36. The third-order valence-corrected chi connectivity index (χ3v) is 3.63. The minimum atomic E-state index is 0.557. The molecule has 0 aliphatic rings. The smallest absolute Gasteiger partial charge is 0.137 e. The van der Waals surface area contributed by atoms with Gasteiger partial charge in [-0.2, -0.15) is 0 Å². The Bertz CT molecular complexity index is 489. The molecule has 0 saturated heterocycles. The molecule has 0 bridgehead atoms. The Kier molecular flexibility index (Phi) is 4.37. The van der Waals surface area contributed by atoms with Crippen LogP contribution in [0.25, 0.3) is 11.0 Å². The van der Waals surface area contributed by atoms with E-state index in [2.05, 4.69) is 48.3 Å². The summed E-state index contributed by atoms with van der Waals surface area (Å²) < 4.78 is 0. The fraction of sp³-hybridized carbons (Fsp3) is 0.533. The van der Waals surface area contributed by atoms with Crippen LogP contribution >= 0.6 is 0 Å². The molecule has 0 saturated carbocycles. The second kappa shape index (κ2) is 6.01. The normalized spacial score (nSPS) is 14.8. The summed E-state index contributed by atoms with van der Waals surface area (Å²) in [5, 5.41) is 4.82. The van der Waals surface area contributed by atoms with Gasteiger partial charge in [0.25, 0.3) is 0 Å². The molecule has 0 aliphatic carbocycles. The topological polar surface area (TPSA) is 40.7 Å². The fourth-order valence-electron chi connectivity index (χ4n) is 2.30. The molecule has 0 aromatic carbocycles. The number of aromatic nitrogens is 2. The third kappa shape index (κ3) is 3.10. The maximum atomic E-state index is 4.31. The van der Waals surface area contributed by atoms with Gasteiger partial charge in [-0.05, 0) is 37.0 Å². The zero-order valence-electron chi connectivity index (χ0n) is 11.5. The molecule has 2 aromatic rings. The van der Waals surface area contributed by atoms with Gasteiger partial charge in [0.1, 0.15) is 5.65 Å². The average Bonchev–Trinajstić information content (AvgIpc) is 2.79. The largest absolute Gasteiger partial charge is 0.346 e. The summed E-state index contributed by atoms with van der Waals surface area (Å²) in [6, 6.07) is 4.67. The highest BCUT2D eigenvalue weighted by Crippen LogP contribution is 2.16. The highest BCUT2D eigenvalue weighted by molar-refractivity contribution is 5.79. The van der Waals surface area contributed by atoms with Crippen molar-refractivity contribution >= 4 is 11.0 Å².